The maximum absolute atomic E-state index is 12.7. The Bertz CT molecular complexity index is 920. The predicted molar refractivity (Wildman–Crippen MR) is 103 cm³/mol. The van der Waals surface area contributed by atoms with Crippen LogP contribution in [0, 0.1) is 0 Å². The van der Waals surface area contributed by atoms with Gasteiger partial charge in [0.05, 0.1) is 4.90 Å². The van der Waals surface area contributed by atoms with Crippen LogP contribution in [0.25, 0.3) is 0 Å². The van der Waals surface area contributed by atoms with Gasteiger partial charge in [-0.3, -0.25) is 4.79 Å². The third kappa shape index (κ3) is 4.14. The van der Waals surface area contributed by atoms with Crippen molar-refractivity contribution in [3.63, 3.8) is 0 Å². The molecule has 0 aromatic heterocycles. The molecule has 1 amide bonds. The Labute approximate surface area is 154 Å². The molecule has 0 saturated carbocycles. The predicted octanol–water partition coefficient (Wildman–Crippen LogP) is 3.50. The monoisotopic (exact) mass is 372 g/mol. The number of hydrogen-bond acceptors (Lipinski definition) is 3. The lowest BCUT2D eigenvalue weighted by molar-refractivity contribution is 0.102. The number of hydrogen-bond donors (Lipinski definition) is 2. The molecular weight excluding hydrogens is 348 g/mol. The summed E-state index contributed by atoms with van der Waals surface area (Å²) in [7, 11) is -3.63. The molecule has 1 aliphatic rings. The van der Waals surface area contributed by atoms with E-state index in [1.807, 2.05) is 12.1 Å². The van der Waals surface area contributed by atoms with Crippen molar-refractivity contribution in [1.82, 2.24) is 4.72 Å². The SMILES string of the molecule is CC(C)NS(=O)(=O)c1cccc(C(=O)Nc2cccc3c2CCCC3)c1. The van der Waals surface area contributed by atoms with Gasteiger partial charge in [-0.1, -0.05) is 18.2 Å². The summed E-state index contributed by atoms with van der Waals surface area (Å²) < 4.78 is 27.2. The lowest BCUT2D eigenvalue weighted by Gasteiger charge is -2.19. The highest BCUT2D eigenvalue weighted by atomic mass is 32.2. The van der Waals surface area contributed by atoms with Crippen molar-refractivity contribution < 1.29 is 13.2 Å². The van der Waals surface area contributed by atoms with Crippen LogP contribution in [0.2, 0.25) is 0 Å². The largest absolute Gasteiger partial charge is 0.322 e. The van der Waals surface area contributed by atoms with E-state index < -0.39 is 10.0 Å². The molecule has 0 spiro atoms. The van der Waals surface area contributed by atoms with Gasteiger partial charge in [0.25, 0.3) is 5.91 Å². The number of rotatable bonds is 5. The number of benzene rings is 2. The van der Waals surface area contributed by atoms with Gasteiger partial charge < -0.3 is 5.32 Å². The fraction of sp³-hybridized carbons (Fsp3) is 0.350. The van der Waals surface area contributed by atoms with Gasteiger partial charge in [0.2, 0.25) is 10.0 Å². The van der Waals surface area contributed by atoms with E-state index in [0.717, 1.165) is 24.9 Å². The molecule has 0 bridgehead atoms. The zero-order valence-electron chi connectivity index (χ0n) is 15.1. The van der Waals surface area contributed by atoms with Crippen molar-refractivity contribution in [2.75, 3.05) is 5.32 Å². The summed E-state index contributed by atoms with van der Waals surface area (Å²) in [6.07, 6.45) is 4.29. The van der Waals surface area contributed by atoms with Crippen molar-refractivity contribution in [2.24, 2.45) is 0 Å². The minimum atomic E-state index is -3.63. The fourth-order valence-electron chi connectivity index (χ4n) is 3.28. The molecule has 2 aromatic carbocycles. The fourth-order valence-corrected chi connectivity index (χ4v) is 4.57. The van der Waals surface area contributed by atoms with Gasteiger partial charge in [0.1, 0.15) is 0 Å². The van der Waals surface area contributed by atoms with Crippen LogP contribution >= 0.6 is 0 Å². The maximum atomic E-state index is 12.7. The van der Waals surface area contributed by atoms with Crippen molar-refractivity contribution in [3.8, 4) is 0 Å². The Kier molecular flexibility index (Phi) is 5.44. The first-order chi connectivity index (χ1) is 12.4. The van der Waals surface area contributed by atoms with E-state index >= 15 is 0 Å². The first-order valence-corrected chi connectivity index (χ1v) is 10.4. The number of carbonyl (C=O) groups excluding carboxylic acids is 1. The van der Waals surface area contributed by atoms with Crippen molar-refractivity contribution >= 4 is 21.6 Å². The van der Waals surface area contributed by atoms with Gasteiger partial charge in [0, 0.05) is 17.3 Å². The molecule has 5 nitrogen and oxygen atoms in total. The van der Waals surface area contributed by atoms with Gasteiger partial charge >= 0.3 is 0 Å². The van der Waals surface area contributed by atoms with E-state index in [1.54, 1.807) is 26.0 Å². The lowest BCUT2D eigenvalue weighted by Crippen LogP contribution is -2.30. The number of nitrogens with one attached hydrogen (secondary N) is 2. The van der Waals surface area contributed by atoms with Crippen LogP contribution < -0.4 is 10.0 Å². The summed E-state index contributed by atoms with van der Waals surface area (Å²) in [5.74, 6) is -0.300. The molecule has 0 fully saturated rings. The van der Waals surface area contributed by atoms with E-state index in [0.29, 0.717) is 5.56 Å². The van der Waals surface area contributed by atoms with E-state index in [2.05, 4.69) is 16.1 Å². The van der Waals surface area contributed by atoms with Crippen LogP contribution in [0.4, 0.5) is 5.69 Å². The van der Waals surface area contributed by atoms with Gasteiger partial charge in [0.15, 0.2) is 0 Å². The van der Waals surface area contributed by atoms with E-state index in [-0.39, 0.29) is 16.8 Å². The van der Waals surface area contributed by atoms with Crippen LogP contribution in [0.15, 0.2) is 47.4 Å². The zero-order chi connectivity index (χ0) is 18.7. The Morgan fingerprint density at radius 1 is 1.04 bits per heavy atom. The van der Waals surface area contributed by atoms with Crippen molar-refractivity contribution in [2.45, 2.75) is 50.5 Å². The number of fused-ring (bicyclic) bond motifs is 1. The maximum Gasteiger partial charge on any atom is 0.255 e. The Hall–Kier alpha value is -2.18. The number of aryl methyl sites for hydroxylation is 1. The topological polar surface area (TPSA) is 75.3 Å². The summed E-state index contributed by atoms with van der Waals surface area (Å²) in [4.78, 5) is 12.8. The molecule has 138 valence electrons. The summed E-state index contributed by atoms with van der Waals surface area (Å²) in [5, 5.41) is 2.95. The summed E-state index contributed by atoms with van der Waals surface area (Å²) in [5.41, 5.74) is 3.62. The Morgan fingerprint density at radius 2 is 1.77 bits per heavy atom. The van der Waals surface area contributed by atoms with Gasteiger partial charge in [-0.25, -0.2) is 13.1 Å². The van der Waals surface area contributed by atoms with Crippen molar-refractivity contribution in [1.29, 1.82) is 0 Å². The highest BCUT2D eigenvalue weighted by Gasteiger charge is 2.19. The van der Waals surface area contributed by atoms with Crippen LogP contribution in [0.1, 0.15) is 48.2 Å². The molecule has 0 unspecified atom stereocenters. The van der Waals surface area contributed by atoms with E-state index in [4.69, 9.17) is 0 Å². The van der Waals surface area contributed by atoms with Gasteiger partial charge in [-0.2, -0.15) is 0 Å². The molecule has 2 aromatic rings. The molecule has 0 atom stereocenters. The van der Waals surface area contributed by atoms with Gasteiger partial charge in [-0.15, -0.1) is 0 Å². The molecule has 0 saturated heterocycles. The minimum Gasteiger partial charge on any atom is -0.322 e. The third-order valence-corrected chi connectivity index (χ3v) is 6.10. The molecule has 26 heavy (non-hydrogen) atoms. The number of sulfonamides is 1. The third-order valence-electron chi connectivity index (χ3n) is 4.44. The quantitative estimate of drug-likeness (QED) is 0.843. The number of carbonyl (C=O) groups is 1. The van der Waals surface area contributed by atoms with E-state index in [1.165, 1.54) is 29.7 Å². The first kappa shape index (κ1) is 18.6. The Morgan fingerprint density at radius 3 is 2.54 bits per heavy atom. The van der Waals surface area contributed by atoms with Crippen LogP contribution in [-0.2, 0) is 22.9 Å². The summed E-state index contributed by atoms with van der Waals surface area (Å²) in [6.45, 7) is 3.51. The summed E-state index contributed by atoms with van der Waals surface area (Å²) >= 11 is 0. The molecule has 3 rings (SSSR count). The molecule has 0 heterocycles. The first-order valence-electron chi connectivity index (χ1n) is 8.91. The molecule has 2 N–H and O–H groups in total. The normalized spacial score (nSPS) is 14.1. The number of amides is 1. The second-order valence-electron chi connectivity index (χ2n) is 6.91. The van der Waals surface area contributed by atoms with Crippen molar-refractivity contribution in [3.05, 3.63) is 59.2 Å². The smallest absolute Gasteiger partial charge is 0.255 e. The molecule has 1 aliphatic carbocycles. The highest BCUT2D eigenvalue weighted by Crippen LogP contribution is 2.28. The summed E-state index contributed by atoms with van der Waals surface area (Å²) in [6, 6.07) is 11.9. The van der Waals surface area contributed by atoms with Gasteiger partial charge in [-0.05, 0) is 74.9 Å². The van der Waals surface area contributed by atoms with Crippen LogP contribution in [-0.4, -0.2) is 20.4 Å². The molecule has 0 radical (unpaired) electrons. The second kappa shape index (κ2) is 7.60. The molecular formula is C20H24N2O3S. The highest BCUT2D eigenvalue weighted by molar-refractivity contribution is 7.89. The standard InChI is InChI=1S/C20H24N2O3S/c1-14(2)22-26(24,25)17-10-5-9-16(13-17)20(23)21-19-12-6-8-15-7-3-4-11-18(15)19/h5-6,8-10,12-14,22H,3-4,7,11H2,1-2H3,(H,21,23). The second-order valence-corrected chi connectivity index (χ2v) is 8.62. The van der Waals surface area contributed by atoms with Crippen LogP contribution in [0.3, 0.4) is 0 Å². The van der Waals surface area contributed by atoms with Crippen LogP contribution in [0.5, 0.6) is 0 Å². The average Bonchev–Trinajstić information content (AvgIpc) is 2.61. The molecule has 6 heteroatoms. The minimum absolute atomic E-state index is 0.0916. The lowest BCUT2D eigenvalue weighted by atomic mass is 9.90. The van der Waals surface area contributed by atoms with E-state index in [9.17, 15) is 13.2 Å². The average molecular weight is 372 g/mol. The molecule has 0 aliphatic heterocycles. The Balaban J connectivity index is 1.85. The zero-order valence-corrected chi connectivity index (χ0v) is 15.9. The number of anilines is 1.